The minimum atomic E-state index is -0.990. The van der Waals surface area contributed by atoms with Crippen LogP contribution >= 0.6 is 24.6 Å². The molecule has 2 aliphatic rings. The monoisotopic (exact) mass is 361 g/mol. The van der Waals surface area contributed by atoms with E-state index in [9.17, 15) is 9.59 Å². The fraction of sp³-hybridized carbons (Fsp3) is 0.812. The van der Waals surface area contributed by atoms with Gasteiger partial charge in [0.1, 0.15) is 5.41 Å². The van der Waals surface area contributed by atoms with Crippen molar-refractivity contribution >= 4 is 41.6 Å². The second-order valence-corrected chi connectivity index (χ2v) is 6.96. The predicted octanol–water partition coefficient (Wildman–Crippen LogP) is 2.24. The maximum absolute atomic E-state index is 12.6. The average Bonchev–Trinajstić information content (AvgIpc) is 2.48. The highest BCUT2D eigenvalue weighted by Crippen LogP contribution is 2.37. The zero-order valence-electron chi connectivity index (χ0n) is 14.0. The van der Waals surface area contributed by atoms with Gasteiger partial charge in [-0.3, -0.25) is 9.59 Å². The molecule has 1 atom stereocenters. The molecule has 0 aromatic rings. The molecule has 1 unspecified atom stereocenters. The lowest BCUT2D eigenvalue weighted by atomic mass is 9.69. The van der Waals surface area contributed by atoms with Gasteiger partial charge in [0.05, 0.1) is 0 Å². The van der Waals surface area contributed by atoms with E-state index >= 15 is 0 Å². The number of hydrogen-bond donors (Lipinski definition) is 2. The van der Waals surface area contributed by atoms with Crippen LogP contribution in [0.15, 0.2) is 0 Å². The Morgan fingerprint density at radius 2 is 1.74 bits per heavy atom. The molecule has 0 aromatic heterocycles. The summed E-state index contributed by atoms with van der Waals surface area (Å²) in [7, 11) is 0. The van der Waals surface area contributed by atoms with E-state index < -0.39 is 5.41 Å². The molecule has 23 heavy (non-hydrogen) atoms. The maximum Gasteiger partial charge on any atom is 0.242 e. The van der Waals surface area contributed by atoms with E-state index in [-0.39, 0.29) is 35.3 Å². The summed E-state index contributed by atoms with van der Waals surface area (Å²) in [6.07, 6.45) is 6.07. The first-order valence-corrected chi connectivity index (χ1v) is 8.80. The average molecular weight is 362 g/mol. The molecule has 0 bridgehead atoms. The summed E-state index contributed by atoms with van der Waals surface area (Å²) in [6, 6.07) is 0. The molecule has 2 fully saturated rings. The Morgan fingerprint density at radius 3 is 2.26 bits per heavy atom. The van der Waals surface area contributed by atoms with E-state index in [4.69, 9.17) is 12.2 Å². The molecular weight excluding hydrogens is 334 g/mol. The van der Waals surface area contributed by atoms with Crippen LogP contribution in [-0.2, 0) is 9.59 Å². The summed E-state index contributed by atoms with van der Waals surface area (Å²) in [5, 5.41) is 5.47. The first kappa shape index (κ1) is 20.3. The Hall–Kier alpha value is -0.720. The number of likely N-dealkylation sites (tertiary alicyclic amines) is 1. The highest BCUT2D eigenvalue weighted by atomic mass is 35.5. The molecule has 5 nitrogen and oxygen atoms in total. The summed E-state index contributed by atoms with van der Waals surface area (Å²) in [4.78, 5) is 27.7. The molecule has 2 heterocycles. The second kappa shape index (κ2) is 8.94. The van der Waals surface area contributed by atoms with Crippen molar-refractivity contribution < 1.29 is 9.59 Å². The number of carbonyl (C=O) groups excluding carboxylic acids is 2. The lowest BCUT2D eigenvalue weighted by Gasteiger charge is -2.41. The minimum Gasteiger partial charge on any atom is -0.303 e. The fourth-order valence-electron chi connectivity index (χ4n) is 3.68. The number of hydrogen-bond acceptors (Lipinski definition) is 4. The number of nitrogens with zero attached hydrogens (tertiary/aromatic N) is 1. The van der Waals surface area contributed by atoms with Gasteiger partial charge in [0, 0.05) is 0 Å². The largest absolute Gasteiger partial charge is 0.303 e. The summed E-state index contributed by atoms with van der Waals surface area (Å²) in [5.74, 6) is -0.441. The van der Waals surface area contributed by atoms with Crippen LogP contribution in [0.25, 0.3) is 0 Å². The number of amides is 2. The van der Waals surface area contributed by atoms with Gasteiger partial charge < -0.3 is 15.5 Å². The zero-order valence-corrected chi connectivity index (χ0v) is 15.7. The Morgan fingerprint density at radius 1 is 1.17 bits per heavy atom. The van der Waals surface area contributed by atoms with Crippen molar-refractivity contribution in [2.24, 2.45) is 11.3 Å². The second-order valence-electron chi connectivity index (χ2n) is 6.55. The normalized spacial score (nSPS) is 22.8. The van der Waals surface area contributed by atoms with E-state index in [2.05, 4.69) is 22.5 Å². The number of rotatable bonds is 6. The highest BCUT2D eigenvalue weighted by Gasteiger charge is 2.52. The minimum absolute atomic E-state index is 0. The van der Waals surface area contributed by atoms with Crippen LogP contribution in [0, 0.1) is 11.3 Å². The van der Waals surface area contributed by atoms with Gasteiger partial charge in [-0.05, 0) is 63.5 Å². The maximum atomic E-state index is 12.6. The van der Waals surface area contributed by atoms with E-state index in [0.717, 1.165) is 32.5 Å². The van der Waals surface area contributed by atoms with Crippen LogP contribution < -0.4 is 10.6 Å². The summed E-state index contributed by atoms with van der Waals surface area (Å²) in [5.41, 5.74) is -0.990. The molecule has 2 rings (SSSR count). The standard InChI is InChI=1S/C16H27N3O2S.ClH/c1-3-7-12(2)16(8-11-19-9-5-4-6-10-19)13(20)17-15(22)18-14(16)21;/h12H,3-11H2,1-2H3,(H2,17,18,20,21,22);1H. The van der Waals surface area contributed by atoms with Gasteiger partial charge in [0.15, 0.2) is 5.11 Å². The van der Waals surface area contributed by atoms with Crippen molar-refractivity contribution in [1.29, 1.82) is 0 Å². The Bertz CT molecular complexity index is 433. The highest BCUT2D eigenvalue weighted by molar-refractivity contribution is 7.80. The molecule has 2 amide bonds. The van der Waals surface area contributed by atoms with E-state index in [1.165, 1.54) is 19.3 Å². The molecule has 0 aliphatic carbocycles. The van der Waals surface area contributed by atoms with Crippen LogP contribution in [0.1, 0.15) is 52.4 Å². The lowest BCUT2D eigenvalue weighted by Crippen LogP contribution is -2.65. The molecule has 0 spiro atoms. The number of piperidine rings is 1. The van der Waals surface area contributed by atoms with E-state index in [1.54, 1.807) is 0 Å². The van der Waals surface area contributed by atoms with Gasteiger partial charge in [0.2, 0.25) is 11.8 Å². The Labute approximate surface area is 150 Å². The molecular formula is C16H28ClN3O2S. The quantitative estimate of drug-likeness (QED) is 0.562. The summed E-state index contributed by atoms with van der Waals surface area (Å²) >= 11 is 4.95. The van der Waals surface area contributed by atoms with E-state index in [0.29, 0.717) is 6.42 Å². The summed E-state index contributed by atoms with van der Waals surface area (Å²) < 4.78 is 0. The van der Waals surface area contributed by atoms with Crippen molar-refractivity contribution in [2.75, 3.05) is 19.6 Å². The van der Waals surface area contributed by atoms with Crippen molar-refractivity contribution in [3.8, 4) is 0 Å². The molecule has 132 valence electrons. The SMILES string of the molecule is CCCC(C)C1(CCN2CCCCC2)C(=O)NC(=S)NC1=O.Cl. The van der Waals surface area contributed by atoms with Crippen molar-refractivity contribution in [3.63, 3.8) is 0 Å². The number of carbonyl (C=O) groups is 2. The first-order chi connectivity index (χ1) is 10.5. The molecule has 2 aliphatic heterocycles. The summed E-state index contributed by atoms with van der Waals surface area (Å²) in [6.45, 7) is 7.02. The van der Waals surface area contributed by atoms with Gasteiger partial charge in [-0.2, -0.15) is 0 Å². The molecule has 2 saturated heterocycles. The predicted molar refractivity (Wildman–Crippen MR) is 97.5 cm³/mol. The van der Waals surface area contributed by atoms with Gasteiger partial charge in [-0.15, -0.1) is 12.4 Å². The number of thiocarbonyl (C=S) groups is 1. The third-order valence-corrected chi connectivity index (χ3v) is 5.30. The number of nitrogens with one attached hydrogen (secondary N) is 2. The fourth-order valence-corrected chi connectivity index (χ4v) is 3.87. The van der Waals surface area contributed by atoms with Crippen LogP contribution in [0.3, 0.4) is 0 Å². The van der Waals surface area contributed by atoms with Crippen molar-refractivity contribution in [3.05, 3.63) is 0 Å². The third kappa shape index (κ3) is 4.43. The van der Waals surface area contributed by atoms with Gasteiger partial charge >= 0.3 is 0 Å². The Kier molecular flexibility index (Phi) is 7.90. The van der Waals surface area contributed by atoms with Gasteiger partial charge in [-0.1, -0.05) is 26.7 Å². The van der Waals surface area contributed by atoms with Crippen LogP contribution in [0.2, 0.25) is 0 Å². The van der Waals surface area contributed by atoms with Crippen molar-refractivity contribution in [1.82, 2.24) is 15.5 Å². The molecule has 7 heteroatoms. The molecule has 0 saturated carbocycles. The lowest BCUT2D eigenvalue weighted by molar-refractivity contribution is -0.148. The first-order valence-electron chi connectivity index (χ1n) is 8.40. The van der Waals surface area contributed by atoms with Gasteiger partial charge in [0.25, 0.3) is 0 Å². The van der Waals surface area contributed by atoms with Crippen molar-refractivity contribution in [2.45, 2.75) is 52.4 Å². The topological polar surface area (TPSA) is 61.4 Å². The molecule has 0 aromatic carbocycles. The Balaban J connectivity index is 0.00000264. The third-order valence-electron chi connectivity index (χ3n) is 5.10. The van der Waals surface area contributed by atoms with E-state index in [1.807, 2.05) is 6.92 Å². The van der Waals surface area contributed by atoms with Crippen LogP contribution in [0.4, 0.5) is 0 Å². The van der Waals surface area contributed by atoms with Crippen LogP contribution in [-0.4, -0.2) is 41.5 Å². The zero-order chi connectivity index (χ0) is 16.2. The van der Waals surface area contributed by atoms with Gasteiger partial charge in [-0.25, -0.2) is 0 Å². The molecule has 0 radical (unpaired) electrons. The van der Waals surface area contributed by atoms with Crippen LogP contribution in [0.5, 0.6) is 0 Å². The molecule has 2 N–H and O–H groups in total. The smallest absolute Gasteiger partial charge is 0.242 e. The number of halogens is 1.